The molecule has 22 heavy (non-hydrogen) atoms. The van der Waals surface area contributed by atoms with Gasteiger partial charge in [-0.15, -0.1) is 0 Å². The van der Waals surface area contributed by atoms with Crippen molar-refractivity contribution < 1.29 is 9.53 Å². The number of hydrogen-bond donors (Lipinski definition) is 1. The van der Waals surface area contributed by atoms with E-state index in [0.29, 0.717) is 16.5 Å². The van der Waals surface area contributed by atoms with Crippen LogP contribution in [0.3, 0.4) is 0 Å². The summed E-state index contributed by atoms with van der Waals surface area (Å²) < 4.78 is 5.08. The molecular weight excluding hydrogens is 433 g/mol. The van der Waals surface area contributed by atoms with Gasteiger partial charge in [-0.25, -0.2) is 0 Å². The van der Waals surface area contributed by atoms with Crippen molar-refractivity contribution in [1.82, 2.24) is 0 Å². The third kappa shape index (κ3) is 4.24. The zero-order valence-corrected chi connectivity index (χ0v) is 15.7. The number of hydrogen-bond acceptors (Lipinski definition) is 2. The number of alkyl halides is 2. The van der Waals surface area contributed by atoms with Crippen molar-refractivity contribution >= 4 is 55.1 Å². The first-order chi connectivity index (χ1) is 10.5. The highest BCUT2D eigenvalue weighted by Crippen LogP contribution is 2.33. The van der Waals surface area contributed by atoms with Gasteiger partial charge in [0.1, 0.15) is 10.6 Å². The maximum Gasteiger partial charge on any atom is 0.239 e. The van der Waals surface area contributed by atoms with Crippen LogP contribution in [0, 0.1) is 0 Å². The highest BCUT2D eigenvalue weighted by molar-refractivity contribution is 9.12. The molecule has 116 valence electrons. The second-order valence-electron chi connectivity index (χ2n) is 4.55. The SMILES string of the molecule is COc1ccc(NC(=O)[C@@H](Br)[C@H](Br)c2ccccc2)c(Cl)c1. The fourth-order valence-electron chi connectivity index (χ4n) is 1.86. The van der Waals surface area contributed by atoms with E-state index in [9.17, 15) is 4.79 Å². The lowest BCUT2D eigenvalue weighted by atomic mass is 10.1. The fourth-order valence-corrected chi connectivity index (χ4v) is 3.05. The van der Waals surface area contributed by atoms with Crippen LogP contribution in [0.5, 0.6) is 5.75 Å². The van der Waals surface area contributed by atoms with Crippen molar-refractivity contribution in [3.8, 4) is 5.75 Å². The Morgan fingerprint density at radius 2 is 1.86 bits per heavy atom. The summed E-state index contributed by atoms with van der Waals surface area (Å²) in [6.45, 7) is 0. The Morgan fingerprint density at radius 1 is 1.18 bits per heavy atom. The number of anilines is 1. The van der Waals surface area contributed by atoms with E-state index in [-0.39, 0.29) is 10.7 Å². The van der Waals surface area contributed by atoms with E-state index in [1.807, 2.05) is 30.3 Å². The zero-order chi connectivity index (χ0) is 16.1. The van der Waals surface area contributed by atoms with Gasteiger partial charge in [0.15, 0.2) is 0 Å². The largest absolute Gasteiger partial charge is 0.497 e. The maximum absolute atomic E-state index is 12.4. The summed E-state index contributed by atoms with van der Waals surface area (Å²) in [6.07, 6.45) is 0. The Kier molecular flexibility index (Phi) is 6.29. The topological polar surface area (TPSA) is 38.3 Å². The molecule has 0 aromatic heterocycles. The molecule has 0 spiro atoms. The van der Waals surface area contributed by atoms with Gasteiger partial charge in [-0.05, 0) is 17.7 Å². The van der Waals surface area contributed by atoms with Crippen molar-refractivity contribution in [2.45, 2.75) is 9.65 Å². The zero-order valence-electron chi connectivity index (χ0n) is 11.7. The molecule has 0 aliphatic rings. The Morgan fingerprint density at radius 3 is 2.45 bits per heavy atom. The van der Waals surface area contributed by atoms with Gasteiger partial charge in [-0.1, -0.05) is 73.8 Å². The number of amides is 1. The van der Waals surface area contributed by atoms with Gasteiger partial charge in [0.2, 0.25) is 5.91 Å². The molecule has 0 heterocycles. The Balaban J connectivity index is 2.08. The summed E-state index contributed by atoms with van der Waals surface area (Å²) in [5.74, 6) is 0.457. The summed E-state index contributed by atoms with van der Waals surface area (Å²) in [6, 6.07) is 14.8. The average Bonchev–Trinajstić information content (AvgIpc) is 2.56. The van der Waals surface area contributed by atoms with E-state index >= 15 is 0 Å². The predicted molar refractivity (Wildman–Crippen MR) is 97.5 cm³/mol. The van der Waals surface area contributed by atoms with Gasteiger partial charge in [0, 0.05) is 6.07 Å². The molecule has 0 bridgehead atoms. The molecule has 0 aliphatic heterocycles. The molecule has 0 saturated heterocycles. The van der Waals surface area contributed by atoms with Gasteiger partial charge < -0.3 is 10.1 Å². The monoisotopic (exact) mass is 445 g/mol. The molecule has 0 fully saturated rings. The number of halogens is 3. The smallest absolute Gasteiger partial charge is 0.239 e. The first-order valence-electron chi connectivity index (χ1n) is 6.50. The Bertz CT molecular complexity index is 652. The maximum atomic E-state index is 12.4. The van der Waals surface area contributed by atoms with Crippen LogP contribution < -0.4 is 10.1 Å². The van der Waals surface area contributed by atoms with Crippen LogP contribution in [0.1, 0.15) is 10.4 Å². The predicted octanol–water partition coefficient (Wildman–Crippen LogP) is 5.19. The van der Waals surface area contributed by atoms with E-state index in [4.69, 9.17) is 16.3 Å². The van der Waals surface area contributed by atoms with Crippen LogP contribution >= 0.6 is 43.5 Å². The Hall–Kier alpha value is -1.04. The standard InChI is InChI=1S/C16H14Br2ClNO2/c1-22-11-7-8-13(12(19)9-11)20-16(21)15(18)14(17)10-5-3-2-4-6-10/h2-9,14-15H,1H3,(H,20,21)/t14-,15+/m1/s1. The number of nitrogens with one attached hydrogen (secondary N) is 1. The number of carbonyl (C=O) groups excluding carboxylic acids is 1. The minimum atomic E-state index is -0.437. The molecule has 3 nitrogen and oxygen atoms in total. The van der Waals surface area contributed by atoms with Gasteiger partial charge in [0.25, 0.3) is 0 Å². The highest BCUT2D eigenvalue weighted by atomic mass is 79.9. The first kappa shape index (κ1) is 17.3. The average molecular weight is 448 g/mol. The Labute approximate surface area is 151 Å². The third-order valence-electron chi connectivity index (χ3n) is 3.06. The number of methoxy groups -OCH3 is 1. The van der Waals surface area contributed by atoms with Crippen LogP contribution in [0.4, 0.5) is 5.69 Å². The summed E-state index contributed by atoms with van der Waals surface area (Å²) in [7, 11) is 1.56. The van der Waals surface area contributed by atoms with Crippen molar-refractivity contribution in [1.29, 1.82) is 0 Å². The second kappa shape index (κ2) is 7.99. The fraction of sp³-hybridized carbons (Fsp3) is 0.188. The molecule has 6 heteroatoms. The van der Waals surface area contributed by atoms with E-state index in [2.05, 4.69) is 37.2 Å². The number of ether oxygens (including phenoxy) is 1. The lowest BCUT2D eigenvalue weighted by molar-refractivity contribution is -0.115. The van der Waals surface area contributed by atoms with Gasteiger partial charge in [-0.2, -0.15) is 0 Å². The summed E-state index contributed by atoms with van der Waals surface area (Å²) in [5.41, 5.74) is 1.56. The molecular formula is C16H14Br2ClNO2. The van der Waals surface area contributed by atoms with Crippen LogP contribution in [0.15, 0.2) is 48.5 Å². The lowest BCUT2D eigenvalue weighted by Crippen LogP contribution is -2.26. The lowest BCUT2D eigenvalue weighted by Gasteiger charge is -2.17. The number of rotatable bonds is 5. The van der Waals surface area contributed by atoms with Crippen molar-refractivity contribution in [2.75, 3.05) is 12.4 Å². The summed E-state index contributed by atoms with van der Waals surface area (Å²) >= 11 is 13.1. The van der Waals surface area contributed by atoms with Crippen LogP contribution in [-0.2, 0) is 4.79 Å². The van der Waals surface area contributed by atoms with Crippen molar-refractivity contribution in [3.05, 3.63) is 59.1 Å². The van der Waals surface area contributed by atoms with E-state index in [0.717, 1.165) is 5.56 Å². The third-order valence-corrected chi connectivity index (χ3v) is 6.08. The second-order valence-corrected chi connectivity index (χ2v) is 6.93. The first-order valence-corrected chi connectivity index (χ1v) is 8.71. The van der Waals surface area contributed by atoms with Crippen molar-refractivity contribution in [2.24, 2.45) is 0 Å². The molecule has 2 rings (SSSR count). The molecule has 0 unspecified atom stereocenters. The molecule has 2 aromatic rings. The van der Waals surface area contributed by atoms with E-state index in [1.165, 1.54) is 0 Å². The molecule has 1 N–H and O–H groups in total. The highest BCUT2D eigenvalue weighted by Gasteiger charge is 2.25. The summed E-state index contributed by atoms with van der Waals surface area (Å²) in [4.78, 5) is 11.8. The van der Waals surface area contributed by atoms with Crippen molar-refractivity contribution in [3.63, 3.8) is 0 Å². The van der Waals surface area contributed by atoms with Gasteiger partial charge in [-0.3, -0.25) is 4.79 Å². The quantitative estimate of drug-likeness (QED) is 0.641. The van der Waals surface area contributed by atoms with Crippen LogP contribution in [-0.4, -0.2) is 17.8 Å². The molecule has 1 amide bonds. The van der Waals surface area contributed by atoms with Gasteiger partial charge in [0.05, 0.1) is 22.6 Å². The normalized spacial score (nSPS) is 13.3. The van der Waals surface area contributed by atoms with E-state index in [1.54, 1.807) is 25.3 Å². The molecule has 0 aliphatic carbocycles. The minimum absolute atomic E-state index is 0.147. The number of benzene rings is 2. The van der Waals surface area contributed by atoms with E-state index < -0.39 is 4.83 Å². The minimum Gasteiger partial charge on any atom is -0.497 e. The molecule has 2 atom stereocenters. The molecule has 0 radical (unpaired) electrons. The molecule has 0 saturated carbocycles. The van der Waals surface area contributed by atoms with Crippen LogP contribution in [0.2, 0.25) is 5.02 Å². The van der Waals surface area contributed by atoms with Gasteiger partial charge >= 0.3 is 0 Å². The summed E-state index contributed by atoms with van der Waals surface area (Å²) in [5, 5.41) is 3.24. The molecule has 2 aromatic carbocycles. The number of carbonyl (C=O) groups is 1. The van der Waals surface area contributed by atoms with Crippen LogP contribution in [0.25, 0.3) is 0 Å².